The summed E-state index contributed by atoms with van der Waals surface area (Å²) in [6.45, 7) is 3.97. The van der Waals surface area contributed by atoms with Crippen molar-refractivity contribution in [3.63, 3.8) is 0 Å². The summed E-state index contributed by atoms with van der Waals surface area (Å²) in [7, 11) is 0. The molecule has 0 spiro atoms. The number of aliphatic hydroxyl groups is 1. The smallest absolute Gasteiger partial charge is 0.294 e. The molecule has 0 aliphatic carbocycles. The molecule has 1 amide bonds. The second-order valence-corrected chi connectivity index (χ2v) is 9.54. The molecule has 0 radical (unpaired) electrons. The van der Waals surface area contributed by atoms with Crippen molar-refractivity contribution >= 4 is 28.7 Å². The van der Waals surface area contributed by atoms with Crippen molar-refractivity contribution in [1.82, 2.24) is 9.97 Å². The van der Waals surface area contributed by atoms with E-state index in [4.69, 9.17) is 4.74 Å². The largest absolute Gasteiger partial charge is 0.503 e. The van der Waals surface area contributed by atoms with Crippen LogP contribution < -0.4 is 9.64 Å². The number of Topliss-reactive ketones (excluding diaryl/α,β-unsaturated/α-hetero) is 1. The second kappa shape index (κ2) is 9.75. The Hall–Kier alpha value is -4.30. The maximum atomic E-state index is 13.6. The Morgan fingerprint density at radius 3 is 2.39 bits per heavy atom. The lowest BCUT2D eigenvalue weighted by molar-refractivity contribution is -0.117. The molecule has 3 heterocycles. The van der Waals surface area contributed by atoms with Crippen molar-refractivity contribution in [1.29, 1.82) is 0 Å². The third kappa shape index (κ3) is 4.38. The van der Waals surface area contributed by atoms with Crippen molar-refractivity contribution < 1.29 is 19.4 Å². The number of ketones is 1. The molecule has 4 aromatic rings. The molecule has 0 saturated carbocycles. The number of nitrogens with zero attached hydrogens (tertiary/aromatic N) is 3. The maximum absolute atomic E-state index is 13.6. The maximum Gasteiger partial charge on any atom is 0.294 e. The molecule has 0 bridgehead atoms. The van der Waals surface area contributed by atoms with Gasteiger partial charge in [0.05, 0.1) is 26.8 Å². The Kier molecular flexibility index (Phi) is 6.35. The zero-order valence-electron chi connectivity index (χ0n) is 19.7. The monoisotopic (exact) mass is 497 g/mol. The van der Waals surface area contributed by atoms with Crippen LogP contribution in [0.1, 0.15) is 37.7 Å². The van der Waals surface area contributed by atoms with Crippen LogP contribution in [0.15, 0.2) is 90.3 Å². The van der Waals surface area contributed by atoms with E-state index in [0.717, 1.165) is 10.6 Å². The van der Waals surface area contributed by atoms with Crippen LogP contribution in [-0.4, -0.2) is 26.8 Å². The van der Waals surface area contributed by atoms with Gasteiger partial charge in [0.15, 0.2) is 5.76 Å². The van der Waals surface area contributed by atoms with Crippen LogP contribution in [0.2, 0.25) is 0 Å². The minimum atomic E-state index is -0.885. The van der Waals surface area contributed by atoms with Gasteiger partial charge in [-0.3, -0.25) is 19.5 Å². The van der Waals surface area contributed by atoms with E-state index < -0.39 is 23.5 Å². The van der Waals surface area contributed by atoms with Gasteiger partial charge < -0.3 is 9.84 Å². The number of ether oxygens (including phenoxy) is 1. The number of carbonyl (C=O) groups is 2. The van der Waals surface area contributed by atoms with Crippen LogP contribution in [0.25, 0.3) is 0 Å². The number of amides is 1. The highest BCUT2D eigenvalue weighted by molar-refractivity contribution is 7.14. The fourth-order valence-corrected chi connectivity index (χ4v) is 5.10. The second-order valence-electron chi connectivity index (χ2n) is 8.34. The number of carbonyl (C=O) groups excluding carboxylic acids is 2. The van der Waals surface area contributed by atoms with Gasteiger partial charge in [-0.15, -0.1) is 11.3 Å². The average Bonchev–Trinajstić information content (AvgIpc) is 3.38. The van der Waals surface area contributed by atoms with E-state index in [2.05, 4.69) is 9.97 Å². The van der Waals surface area contributed by atoms with E-state index in [0.29, 0.717) is 34.3 Å². The van der Waals surface area contributed by atoms with E-state index in [-0.39, 0.29) is 5.57 Å². The fourth-order valence-electron chi connectivity index (χ4n) is 4.23. The molecule has 1 atom stereocenters. The number of hydrogen-bond donors (Lipinski definition) is 1. The molecular weight excluding hydrogens is 474 g/mol. The molecule has 1 aliphatic rings. The lowest BCUT2D eigenvalue weighted by Gasteiger charge is -2.26. The van der Waals surface area contributed by atoms with E-state index in [1.54, 1.807) is 55.6 Å². The highest BCUT2D eigenvalue weighted by Crippen LogP contribution is 2.42. The number of benzene rings is 2. The molecule has 8 heteroatoms. The molecule has 1 N–H and O–H groups in total. The summed E-state index contributed by atoms with van der Waals surface area (Å²) >= 11 is 1.24. The van der Waals surface area contributed by atoms with Gasteiger partial charge in [0, 0.05) is 11.9 Å². The summed E-state index contributed by atoms with van der Waals surface area (Å²) < 4.78 is 5.87. The first kappa shape index (κ1) is 23.4. The van der Waals surface area contributed by atoms with Crippen LogP contribution >= 0.6 is 11.3 Å². The number of pyridine rings is 1. The standard InChI is InChI=1S/C28H23N3O4S/c1-17-27(36-18(2)30-17)25(32)23-24(22-10-6-7-15-29-22)31(28(34)26(23)33)20-11-13-21(14-12-20)35-16-19-8-4-3-5-9-19/h3-15,24,33H,16H2,1-2H3. The van der Waals surface area contributed by atoms with Gasteiger partial charge in [-0.25, -0.2) is 4.98 Å². The third-order valence-corrected chi connectivity index (χ3v) is 6.97. The van der Waals surface area contributed by atoms with Gasteiger partial charge in [-0.05, 0) is 55.8 Å². The molecule has 1 unspecified atom stereocenters. The first-order valence-electron chi connectivity index (χ1n) is 11.4. The first-order chi connectivity index (χ1) is 17.4. The summed E-state index contributed by atoms with van der Waals surface area (Å²) in [5.41, 5.74) is 2.58. The van der Waals surface area contributed by atoms with Crippen molar-refractivity contribution in [2.45, 2.75) is 26.5 Å². The minimum absolute atomic E-state index is 0.00476. The molecule has 0 fully saturated rings. The highest BCUT2D eigenvalue weighted by atomic mass is 32.1. The number of aromatic nitrogens is 2. The van der Waals surface area contributed by atoms with Gasteiger partial charge in [-0.2, -0.15) is 0 Å². The molecule has 2 aromatic carbocycles. The summed E-state index contributed by atoms with van der Waals surface area (Å²) in [5.74, 6) is -1.03. The highest BCUT2D eigenvalue weighted by Gasteiger charge is 2.46. The molecule has 2 aromatic heterocycles. The van der Waals surface area contributed by atoms with Crippen LogP contribution in [0.4, 0.5) is 5.69 Å². The molecule has 36 heavy (non-hydrogen) atoms. The quantitative estimate of drug-likeness (QED) is 0.338. The SMILES string of the molecule is Cc1nc(C)c(C(=O)C2=C(O)C(=O)N(c3ccc(OCc4ccccc4)cc3)C2c2ccccn2)s1. The van der Waals surface area contributed by atoms with Crippen LogP contribution in [0, 0.1) is 13.8 Å². The molecule has 1 aliphatic heterocycles. The lowest BCUT2D eigenvalue weighted by atomic mass is 9.98. The van der Waals surface area contributed by atoms with E-state index >= 15 is 0 Å². The van der Waals surface area contributed by atoms with Crippen molar-refractivity contribution in [2.24, 2.45) is 0 Å². The van der Waals surface area contributed by atoms with Crippen molar-refractivity contribution in [3.8, 4) is 5.75 Å². The Morgan fingerprint density at radius 1 is 1.03 bits per heavy atom. The van der Waals surface area contributed by atoms with Crippen molar-refractivity contribution in [3.05, 3.63) is 117 Å². The molecule has 0 saturated heterocycles. The Morgan fingerprint density at radius 2 is 1.75 bits per heavy atom. The average molecular weight is 498 g/mol. The Labute approximate surface area is 212 Å². The Bertz CT molecular complexity index is 1450. The molecule has 180 valence electrons. The number of thiazole rings is 1. The van der Waals surface area contributed by atoms with Gasteiger partial charge in [0.1, 0.15) is 18.4 Å². The van der Waals surface area contributed by atoms with Crippen LogP contribution in [-0.2, 0) is 11.4 Å². The summed E-state index contributed by atoms with van der Waals surface area (Å²) in [5, 5.41) is 11.6. The zero-order chi connectivity index (χ0) is 25.2. The third-order valence-electron chi connectivity index (χ3n) is 5.89. The lowest BCUT2D eigenvalue weighted by Crippen LogP contribution is -2.31. The first-order valence-corrected chi connectivity index (χ1v) is 12.2. The van der Waals surface area contributed by atoms with E-state index in [9.17, 15) is 14.7 Å². The molecular formula is C28H23N3O4S. The van der Waals surface area contributed by atoms with Gasteiger partial charge >= 0.3 is 0 Å². The number of aryl methyl sites for hydroxylation is 2. The predicted octanol–water partition coefficient (Wildman–Crippen LogP) is 5.52. The normalized spacial score (nSPS) is 15.4. The topological polar surface area (TPSA) is 92.6 Å². The molecule has 7 nitrogen and oxygen atoms in total. The van der Waals surface area contributed by atoms with Gasteiger partial charge in [-0.1, -0.05) is 36.4 Å². The van der Waals surface area contributed by atoms with Crippen molar-refractivity contribution in [2.75, 3.05) is 4.90 Å². The number of rotatable bonds is 7. The number of hydrogen-bond acceptors (Lipinski definition) is 7. The summed E-state index contributed by atoms with van der Waals surface area (Å²) in [6.07, 6.45) is 1.60. The zero-order valence-corrected chi connectivity index (χ0v) is 20.5. The van der Waals surface area contributed by atoms with Gasteiger partial charge in [0.2, 0.25) is 5.78 Å². The Balaban J connectivity index is 1.48. The fraction of sp³-hybridized carbons (Fsp3) is 0.143. The van der Waals surface area contributed by atoms with E-state index in [1.807, 2.05) is 37.3 Å². The van der Waals surface area contributed by atoms with Crippen LogP contribution in [0.3, 0.4) is 0 Å². The molecule has 5 rings (SSSR count). The summed E-state index contributed by atoms with van der Waals surface area (Å²) in [4.78, 5) is 37.5. The number of anilines is 1. The van der Waals surface area contributed by atoms with Crippen LogP contribution in [0.5, 0.6) is 5.75 Å². The van der Waals surface area contributed by atoms with E-state index in [1.165, 1.54) is 16.2 Å². The minimum Gasteiger partial charge on any atom is -0.503 e. The summed E-state index contributed by atoms with van der Waals surface area (Å²) in [6, 6.07) is 21.2. The van der Waals surface area contributed by atoms with Gasteiger partial charge in [0.25, 0.3) is 5.91 Å². The number of aliphatic hydroxyl groups excluding tert-OH is 1. The predicted molar refractivity (Wildman–Crippen MR) is 137 cm³/mol.